The molecule has 0 unspecified atom stereocenters. The summed E-state index contributed by atoms with van der Waals surface area (Å²) in [5.41, 5.74) is 6.15. The van der Waals surface area contributed by atoms with Crippen LogP contribution in [0.1, 0.15) is 31.1 Å². The van der Waals surface area contributed by atoms with E-state index in [0.29, 0.717) is 17.8 Å². The fraction of sp³-hybridized carbons (Fsp3) is 0.429. The van der Waals surface area contributed by atoms with Crippen molar-refractivity contribution in [3.8, 4) is 0 Å². The Hall–Kier alpha value is -1.88. The minimum Gasteiger partial charge on any atom is -0.352 e. The van der Waals surface area contributed by atoms with E-state index in [2.05, 4.69) is 10.6 Å². The molecule has 2 amide bonds. The lowest BCUT2D eigenvalue weighted by molar-refractivity contribution is -0.123. The molecule has 4 N–H and O–H groups in total. The van der Waals surface area contributed by atoms with Crippen LogP contribution in [0.25, 0.3) is 0 Å². The predicted molar refractivity (Wildman–Crippen MR) is 75.9 cm³/mol. The van der Waals surface area contributed by atoms with Gasteiger partial charge in [0.15, 0.2) is 0 Å². The summed E-state index contributed by atoms with van der Waals surface area (Å²) in [6.07, 6.45) is 0. The summed E-state index contributed by atoms with van der Waals surface area (Å²) < 4.78 is 0. The molecule has 0 bridgehead atoms. The lowest BCUT2D eigenvalue weighted by Crippen LogP contribution is -2.37. The van der Waals surface area contributed by atoms with Crippen molar-refractivity contribution in [3.05, 3.63) is 29.8 Å². The number of nitrogens with one attached hydrogen (secondary N) is 2. The Morgan fingerprint density at radius 3 is 2.26 bits per heavy atom. The van der Waals surface area contributed by atoms with E-state index in [1.54, 1.807) is 38.1 Å². The molecule has 0 aromatic heterocycles. The highest BCUT2D eigenvalue weighted by Gasteiger charge is 2.25. The highest BCUT2D eigenvalue weighted by atomic mass is 16.2. The van der Waals surface area contributed by atoms with E-state index < -0.39 is 5.41 Å². The summed E-state index contributed by atoms with van der Waals surface area (Å²) in [5, 5.41) is 5.49. The third kappa shape index (κ3) is 4.06. The van der Waals surface area contributed by atoms with E-state index in [4.69, 9.17) is 5.73 Å². The number of carbonyl (C=O) groups excluding carboxylic acids is 2. The van der Waals surface area contributed by atoms with Crippen LogP contribution in [0, 0.1) is 5.41 Å². The van der Waals surface area contributed by atoms with Gasteiger partial charge in [0, 0.05) is 24.3 Å². The maximum atomic E-state index is 11.9. The monoisotopic (exact) mass is 263 g/mol. The fourth-order valence-corrected chi connectivity index (χ4v) is 1.36. The molecule has 104 valence electrons. The topological polar surface area (TPSA) is 84.2 Å². The molecular weight excluding hydrogens is 242 g/mol. The minimum absolute atomic E-state index is 0.123. The SMILES string of the molecule is CCNC(=O)c1ccc(NC(=O)C(C)(C)CN)cc1. The summed E-state index contributed by atoms with van der Waals surface area (Å²) in [5.74, 6) is -0.261. The van der Waals surface area contributed by atoms with Gasteiger partial charge in [-0.25, -0.2) is 0 Å². The van der Waals surface area contributed by atoms with Gasteiger partial charge in [-0.3, -0.25) is 9.59 Å². The van der Waals surface area contributed by atoms with Crippen LogP contribution < -0.4 is 16.4 Å². The smallest absolute Gasteiger partial charge is 0.251 e. The molecule has 0 radical (unpaired) electrons. The van der Waals surface area contributed by atoms with E-state index in [1.807, 2.05) is 6.92 Å². The largest absolute Gasteiger partial charge is 0.352 e. The molecule has 1 aromatic carbocycles. The Balaban J connectivity index is 2.72. The van der Waals surface area contributed by atoms with Gasteiger partial charge in [-0.05, 0) is 45.0 Å². The maximum Gasteiger partial charge on any atom is 0.251 e. The molecule has 0 fully saturated rings. The highest BCUT2D eigenvalue weighted by molar-refractivity contribution is 5.97. The van der Waals surface area contributed by atoms with Crippen LogP contribution in [-0.4, -0.2) is 24.9 Å². The summed E-state index contributed by atoms with van der Waals surface area (Å²) in [4.78, 5) is 23.5. The van der Waals surface area contributed by atoms with Gasteiger partial charge in [0.05, 0.1) is 5.41 Å². The van der Waals surface area contributed by atoms with Gasteiger partial charge in [0.2, 0.25) is 5.91 Å². The third-order valence-corrected chi connectivity index (χ3v) is 2.87. The highest BCUT2D eigenvalue weighted by Crippen LogP contribution is 2.17. The predicted octanol–water partition coefficient (Wildman–Crippen LogP) is 1.36. The second-order valence-electron chi connectivity index (χ2n) is 4.98. The first-order valence-corrected chi connectivity index (χ1v) is 6.30. The number of rotatable bonds is 5. The van der Waals surface area contributed by atoms with Crippen LogP contribution >= 0.6 is 0 Å². The van der Waals surface area contributed by atoms with Crippen molar-refractivity contribution >= 4 is 17.5 Å². The fourth-order valence-electron chi connectivity index (χ4n) is 1.36. The van der Waals surface area contributed by atoms with E-state index in [-0.39, 0.29) is 18.4 Å². The average Bonchev–Trinajstić information content (AvgIpc) is 2.39. The number of amides is 2. The number of anilines is 1. The number of hydrogen-bond acceptors (Lipinski definition) is 3. The van der Waals surface area contributed by atoms with E-state index in [1.165, 1.54) is 0 Å². The first kappa shape index (κ1) is 15.2. The first-order valence-electron chi connectivity index (χ1n) is 6.30. The lowest BCUT2D eigenvalue weighted by Gasteiger charge is -2.21. The van der Waals surface area contributed by atoms with Crippen molar-refractivity contribution in [2.24, 2.45) is 11.1 Å². The van der Waals surface area contributed by atoms with Crippen molar-refractivity contribution in [3.63, 3.8) is 0 Å². The lowest BCUT2D eigenvalue weighted by atomic mass is 9.92. The van der Waals surface area contributed by atoms with Gasteiger partial charge in [0.1, 0.15) is 0 Å². The summed E-state index contributed by atoms with van der Waals surface area (Å²) in [6, 6.07) is 6.76. The summed E-state index contributed by atoms with van der Waals surface area (Å²) in [6.45, 7) is 6.29. The molecule has 0 aliphatic heterocycles. The minimum atomic E-state index is -0.613. The van der Waals surface area contributed by atoms with Crippen molar-refractivity contribution in [1.29, 1.82) is 0 Å². The zero-order valence-electron chi connectivity index (χ0n) is 11.6. The molecule has 0 saturated carbocycles. The number of hydrogen-bond donors (Lipinski definition) is 3. The van der Waals surface area contributed by atoms with Crippen LogP contribution in [0.5, 0.6) is 0 Å². The van der Waals surface area contributed by atoms with Gasteiger partial charge in [-0.1, -0.05) is 0 Å². The van der Waals surface area contributed by atoms with Crippen molar-refractivity contribution in [2.45, 2.75) is 20.8 Å². The molecule has 0 aliphatic rings. The van der Waals surface area contributed by atoms with Crippen LogP contribution in [0.15, 0.2) is 24.3 Å². The van der Waals surface area contributed by atoms with Crippen LogP contribution in [0.2, 0.25) is 0 Å². The van der Waals surface area contributed by atoms with Crippen LogP contribution in [-0.2, 0) is 4.79 Å². The van der Waals surface area contributed by atoms with Crippen LogP contribution in [0.4, 0.5) is 5.69 Å². The summed E-state index contributed by atoms with van der Waals surface area (Å²) >= 11 is 0. The normalized spacial score (nSPS) is 10.9. The molecule has 1 aromatic rings. The Labute approximate surface area is 113 Å². The molecule has 0 aliphatic carbocycles. The number of benzene rings is 1. The van der Waals surface area contributed by atoms with Crippen LogP contribution in [0.3, 0.4) is 0 Å². The third-order valence-electron chi connectivity index (χ3n) is 2.87. The van der Waals surface area contributed by atoms with Gasteiger partial charge >= 0.3 is 0 Å². The average molecular weight is 263 g/mol. The van der Waals surface area contributed by atoms with E-state index in [9.17, 15) is 9.59 Å². The van der Waals surface area contributed by atoms with Gasteiger partial charge < -0.3 is 16.4 Å². The zero-order valence-corrected chi connectivity index (χ0v) is 11.6. The summed E-state index contributed by atoms with van der Waals surface area (Å²) in [7, 11) is 0. The Bertz CT molecular complexity index is 452. The molecule has 0 saturated heterocycles. The van der Waals surface area contributed by atoms with Crippen molar-refractivity contribution in [1.82, 2.24) is 5.32 Å². The Morgan fingerprint density at radius 1 is 1.21 bits per heavy atom. The quantitative estimate of drug-likeness (QED) is 0.750. The molecule has 0 atom stereocenters. The second kappa shape index (κ2) is 6.33. The maximum absolute atomic E-state index is 11.9. The molecule has 0 spiro atoms. The molecule has 5 nitrogen and oxygen atoms in total. The van der Waals surface area contributed by atoms with E-state index in [0.717, 1.165) is 0 Å². The molecule has 1 rings (SSSR count). The zero-order chi connectivity index (χ0) is 14.5. The Morgan fingerprint density at radius 2 is 1.79 bits per heavy atom. The molecular formula is C14H21N3O2. The molecule has 0 heterocycles. The number of nitrogens with two attached hydrogens (primary N) is 1. The first-order chi connectivity index (χ1) is 8.90. The van der Waals surface area contributed by atoms with Gasteiger partial charge in [-0.15, -0.1) is 0 Å². The van der Waals surface area contributed by atoms with E-state index >= 15 is 0 Å². The van der Waals surface area contributed by atoms with Gasteiger partial charge in [0.25, 0.3) is 5.91 Å². The van der Waals surface area contributed by atoms with Gasteiger partial charge in [-0.2, -0.15) is 0 Å². The molecule has 5 heteroatoms. The van der Waals surface area contributed by atoms with Crippen molar-refractivity contribution < 1.29 is 9.59 Å². The molecule has 19 heavy (non-hydrogen) atoms. The standard InChI is InChI=1S/C14H21N3O2/c1-4-16-12(18)10-5-7-11(8-6-10)17-13(19)14(2,3)9-15/h5-8H,4,9,15H2,1-3H3,(H,16,18)(H,17,19). The second-order valence-corrected chi connectivity index (χ2v) is 4.98. The Kier molecular flexibility index (Phi) is 5.06. The van der Waals surface area contributed by atoms with Crippen molar-refractivity contribution in [2.75, 3.05) is 18.4 Å². The number of carbonyl (C=O) groups is 2.